The molecule has 6 heteroatoms. The number of aromatic nitrogens is 4. The maximum absolute atomic E-state index is 5.93. The molecule has 0 saturated carbocycles. The molecule has 0 spiro atoms. The van der Waals surface area contributed by atoms with Crippen molar-refractivity contribution in [2.75, 3.05) is 0 Å². The van der Waals surface area contributed by atoms with E-state index in [9.17, 15) is 0 Å². The average molecular weight is 235 g/mol. The van der Waals surface area contributed by atoms with Gasteiger partial charge < -0.3 is 10.3 Å². The van der Waals surface area contributed by atoms with E-state index in [0.717, 1.165) is 24.1 Å². The Morgan fingerprint density at radius 1 is 1.53 bits per heavy atom. The Balaban J connectivity index is 2.27. The van der Waals surface area contributed by atoms with Crippen LogP contribution in [0.5, 0.6) is 0 Å². The summed E-state index contributed by atoms with van der Waals surface area (Å²) >= 11 is 0. The van der Waals surface area contributed by atoms with Crippen molar-refractivity contribution in [2.45, 2.75) is 32.7 Å². The molecule has 92 valence electrons. The van der Waals surface area contributed by atoms with E-state index in [4.69, 9.17) is 10.3 Å². The number of aryl methyl sites for hydroxylation is 1. The first-order valence-corrected chi connectivity index (χ1v) is 5.71. The standard InChI is InChI=1S/C11H17N5O/c1-4-5-9(12)10-14-11(17-15-10)8-6-13-16(3)7(8)2/h6,9H,4-5,12H2,1-3H3. The summed E-state index contributed by atoms with van der Waals surface area (Å²) in [6, 6.07) is -0.158. The molecule has 1 atom stereocenters. The van der Waals surface area contributed by atoms with Gasteiger partial charge >= 0.3 is 0 Å². The summed E-state index contributed by atoms with van der Waals surface area (Å²) in [5.41, 5.74) is 7.78. The lowest BCUT2D eigenvalue weighted by atomic mass is 10.2. The molecule has 0 saturated heterocycles. The largest absolute Gasteiger partial charge is 0.334 e. The molecule has 0 bridgehead atoms. The first kappa shape index (κ1) is 11.8. The van der Waals surface area contributed by atoms with Gasteiger partial charge in [-0.15, -0.1) is 0 Å². The molecule has 0 amide bonds. The lowest BCUT2D eigenvalue weighted by Crippen LogP contribution is -2.11. The van der Waals surface area contributed by atoms with Gasteiger partial charge in [-0.1, -0.05) is 18.5 Å². The molecule has 17 heavy (non-hydrogen) atoms. The summed E-state index contributed by atoms with van der Waals surface area (Å²) < 4.78 is 6.99. The highest BCUT2D eigenvalue weighted by molar-refractivity contribution is 5.54. The molecule has 2 rings (SSSR count). The van der Waals surface area contributed by atoms with E-state index >= 15 is 0 Å². The summed E-state index contributed by atoms with van der Waals surface area (Å²) in [6.07, 6.45) is 3.57. The highest BCUT2D eigenvalue weighted by atomic mass is 16.5. The number of nitrogens with two attached hydrogens (primary N) is 1. The average Bonchev–Trinajstić information content (AvgIpc) is 2.88. The second-order valence-corrected chi connectivity index (χ2v) is 4.12. The van der Waals surface area contributed by atoms with Crippen molar-refractivity contribution in [3.05, 3.63) is 17.7 Å². The zero-order valence-electron chi connectivity index (χ0n) is 10.3. The van der Waals surface area contributed by atoms with Gasteiger partial charge in [0.2, 0.25) is 0 Å². The second-order valence-electron chi connectivity index (χ2n) is 4.12. The van der Waals surface area contributed by atoms with Gasteiger partial charge in [-0.3, -0.25) is 4.68 Å². The van der Waals surface area contributed by atoms with E-state index in [0.29, 0.717) is 11.7 Å². The molecular weight excluding hydrogens is 218 g/mol. The van der Waals surface area contributed by atoms with Gasteiger partial charge in [-0.05, 0) is 13.3 Å². The molecule has 6 nitrogen and oxygen atoms in total. The van der Waals surface area contributed by atoms with E-state index < -0.39 is 0 Å². The summed E-state index contributed by atoms with van der Waals surface area (Å²) in [6.45, 7) is 4.03. The topological polar surface area (TPSA) is 82.8 Å². The normalized spacial score (nSPS) is 12.9. The lowest BCUT2D eigenvalue weighted by molar-refractivity contribution is 0.413. The molecule has 2 N–H and O–H groups in total. The van der Waals surface area contributed by atoms with Crippen LogP contribution in [0.4, 0.5) is 0 Å². The monoisotopic (exact) mass is 235 g/mol. The third-order valence-electron chi connectivity index (χ3n) is 2.84. The van der Waals surface area contributed by atoms with Crippen LogP contribution in [0.3, 0.4) is 0 Å². The Morgan fingerprint density at radius 2 is 2.29 bits per heavy atom. The van der Waals surface area contributed by atoms with Crippen LogP contribution in [0.25, 0.3) is 11.5 Å². The summed E-state index contributed by atoms with van der Waals surface area (Å²) in [4.78, 5) is 4.32. The van der Waals surface area contributed by atoms with Crippen LogP contribution in [0, 0.1) is 6.92 Å². The zero-order valence-corrected chi connectivity index (χ0v) is 10.3. The third-order valence-corrected chi connectivity index (χ3v) is 2.84. The fraction of sp³-hybridized carbons (Fsp3) is 0.545. The van der Waals surface area contributed by atoms with Gasteiger partial charge in [0.1, 0.15) is 0 Å². The quantitative estimate of drug-likeness (QED) is 0.869. The smallest absolute Gasteiger partial charge is 0.261 e. The SMILES string of the molecule is CCCC(N)c1noc(-c2cnn(C)c2C)n1. The maximum Gasteiger partial charge on any atom is 0.261 e. The fourth-order valence-electron chi connectivity index (χ4n) is 1.64. The fourth-order valence-corrected chi connectivity index (χ4v) is 1.64. The van der Waals surface area contributed by atoms with E-state index in [1.54, 1.807) is 10.9 Å². The van der Waals surface area contributed by atoms with Crippen molar-refractivity contribution in [2.24, 2.45) is 12.8 Å². The molecule has 2 aromatic heterocycles. The summed E-state index contributed by atoms with van der Waals surface area (Å²) in [5, 5.41) is 8.05. The predicted molar refractivity (Wildman–Crippen MR) is 63.1 cm³/mol. The first-order chi connectivity index (χ1) is 8.13. The Hall–Kier alpha value is -1.69. The summed E-state index contributed by atoms with van der Waals surface area (Å²) in [7, 11) is 1.87. The van der Waals surface area contributed by atoms with Gasteiger partial charge in [0, 0.05) is 12.7 Å². The van der Waals surface area contributed by atoms with Gasteiger partial charge in [0.15, 0.2) is 5.82 Å². The number of rotatable bonds is 4. The van der Waals surface area contributed by atoms with Crippen LogP contribution in [0.2, 0.25) is 0 Å². The number of hydrogen-bond acceptors (Lipinski definition) is 5. The third kappa shape index (κ3) is 2.21. The minimum atomic E-state index is -0.158. The Morgan fingerprint density at radius 3 is 2.88 bits per heavy atom. The molecule has 0 aromatic carbocycles. The van der Waals surface area contributed by atoms with Gasteiger partial charge in [-0.2, -0.15) is 10.1 Å². The molecule has 2 aromatic rings. The predicted octanol–water partition coefficient (Wildman–Crippen LogP) is 1.58. The second kappa shape index (κ2) is 4.67. The first-order valence-electron chi connectivity index (χ1n) is 5.71. The molecule has 0 aliphatic rings. The molecule has 1 unspecified atom stereocenters. The van der Waals surface area contributed by atoms with E-state index in [1.807, 2.05) is 14.0 Å². The van der Waals surface area contributed by atoms with Gasteiger partial charge in [-0.25, -0.2) is 0 Å². The molecule has 0 aliphatic heterocycles. The van der Waals surface area contributed by atoms with Crippen molar-refractivity contribution < 1.29 is 4.52 Å². The molecule has 2 heterocycles. The zero-order chi connectivity index (χ0) is 12.4. The Kier molecular flexibility index (Phi) is 3.23. The van der Waals surface area contributed by atoms with Crippen molar-refractivity contribution in [1.82, 2.24) is 19.9 Å². The van der Waals surface area contributed by atoms with E-state index in [1.165, 1.54) is 0 Å². The van der Waals surface area contributed by atoms with Crippen LogP contribution >= 0.6 is 0 Å². The van der Waals surface area contributed by atoms with Crippen LogP contribution in [0.15, 0.2) is 10.7 Å². The maximum atomic E-state index is 5.93. The van der Waals surface area contributed by atoms with Crippen molar-refractivity contribution in [1.29, 1.82) is 0 Å². The van der Waals surface area contributed by atoms with E-state index in [-0.39, 0.29) is 6.04 Å². The van der Waals surface area contributed by atoms with Crippen molar-refractivity contribution in [3.8, 4) is 11.5 Å². The molecule has 0 fully saturated rings. The Bertz CT molecular complexity index is 502. The highest BCUT2D eigenvalue weighted by Gasteiger charge is 2.17. The van der Waals surface area contributed by atoms with Crippen molar-refractivity contribution in [3.63, 3.8) is 0 Å². The van der Waals surface area contributed by atoms with Crippen LogP contribution < -0.4 is 5.73 Å². The minimum absolute atomic E-state index is 0.158. The highest BCUT2D eigenvalue weighted by Crippen LogP contribution is 2.22. The van der Waals surface area contributed by atoms with Gasteiger partial charge in [0.05, 0.1) is 17.8 Å². The minimum Gasteiger partial charge on any atom is -0.334 e. The molecule has 0 radical (unpaired) electrons. The van der Waals surface area contributed by atoms with Crippen molar-refractivity contribution >= 4 is 0 Å². The van der Waals surface area contributed by atoms with Crippen LogP contribution in [-0.4, -0.2) is 19.9 Å². The molecular formula is C11H17N5O. The molecule has 0 aliphatic carbocycles. The number of nitrogens with zero attached hydrogens (tertiary/aromatic N) is 4. The van der Waals surface area contributed by atoms with Crippen LogP contribution in [-0.2, 0) is 7.05 Å². The Labute approximate surface area is 99.8 Å². The lowest BCUT2D eigenvalue weighted by Gasteiger charge is -2.02. The van der Waals surface area contributed by atoms with Gasteiger partial charge in [0.25, 0.3) is 5.89 Å². The number of hydrogen-bond donors (Lipinski definition) is 1. The van der Waals surface area contributed by atoms with E-state index in [2.05, 4.69) is 22.2 Å². The van der Waals surface area contributed by atoms with Crippen LogP contribution in [0.1, 0.15) is 37.3 Å². The summed E-state index contributed by atoms with van der Waals surface area (Å²) in [5.74, 6) is 1.04.